The van der Waals surface area contributed by atoms with E-state index in [4.69, 9.17) is 11.6 Å². The van der Waals surface area contributed by atoms with E-state index in [0.717, 1.165) is 23.5 Å². The molecule has 0 aliphatic heterocycles. The fraction of sp³-hybridized carbons (Fsp3) is 0.400. The third-order valence-corrected chi connectivity index (χ3v) is 2.59. The smallest absolute Gasteiger partial charge is 0.160 e. The van der Waals surface area contributed by atoms with E-state index in [2.05, 4.69) is 17.0 Å². The van der Waals surface area contributed by atoms with E-state index < -0.39 is 0 Å². The van der Waals surface area contributed by atoms with Crippen LogP contribution in [0.4, 0.5) is 0 Å². The average molecular weight is 210 g/mol. The van der Waals surface area contributed by atoms with Crippen molar-refractivity contribution in [3.63, 3.8) is 0 Å². The molecule has 0 saturated heterocycles. The lowest BCUT2D eigenvalue weighted by molar-refractivity contribution is 0.910. The number of aryl methyl sites for hydroxylation is 3. The highest BCUT2D eigenvalue weighted by atomic mass is 35.5. The zero-order valence-corrected chi connectivity index (χ0v) is 9.26. The van der Waals surface area contributed by atoms with Gasteiger partial charge in [-0.15, -0.1) is 0 Å². The summed E-state index contributed by atoms with van der Waals surface area (Å²) < 4.78 is 1.70. The molecule has 0 saturated carbocycles. The lowest BCUT2D eigenvalue weighted by atomic mass is 10.2. The fourth-order valence-electron chi connectivity index (χ4n) is 1.66. The number of fused-ring (bicyclic) bond motifs is 1. The van der Waals surface area contributed by atoms with E-state index in [1.165, 1.54) is 5.56 Å². The molecular formula is C10H12ClN3. The second kappa shape index (κ2) is 3.24. The van der Waals surface area contributed by atoms with Crippen molar-refractivity contribution in [1.29, 1.82) is 0 Å². The van der Waals surface area contributed by atoms with Gasteiger partial charge in [-0.2, -0.15) is 5.10 Å². The summed E-state index contributed by atoms with van der Waals surface area (Å²) in [5.41, 5.74) is 4.00. The van der Waals surface area contributed by atoms with Gasteiger partial charge in [-0.3, -0.25) is 0 Å². The quantitative estimate of drug-likeness (QED) is 0.676. The van der Waals surface area contributed by atoms with Crippen molar-refractivity contribution in [2.45, 2.75) is 27.2 Å². The summed E-state index contributed by atoms with van der Waals surface area (Å²) >= 11 is 6.07. The van der Waals surface area contributed by atoms with E-state index >= 15 is 0 Å². The van der Waals surface area contributed by atoms with Crippen molar-refractivity contribution >= 4 is 17.2 Å². The van der Waals surface area contributed by atoms with E-state index in [0.29, 0.717) is 5.15 Å². The zero-order valence-electron chi connectivity index (χ0n) is 8.50. The van der Waals surface area contributed by atoms with Gasteiger partial charge in [0.25, 0.3) is 0 Å². The molecule has 0 radical (unpaired) electrons. The summed E-state index contributed by atoms with van der Waals surface area (Å²) in [5, 5.41) is 4.97. The first-order chi connectivity index (χ1) is 6.63. The largest absolute Gasteiger partial charge is 0.233 e. The predicted molar refractivity (Wildman–Crippen MR) is 56.8 cm³/mol. The molecule has 2 heterocycles. The molecule has 4 heteroatoms. The van der Waals surface area contributed by atoms with Crippen LogP contribution >= 0.6 is 11.6 Å². The Morgan fingerprint density at radius 1 is 1.43 bits per heavy atom. The van der Waals surface area contributed by atoms with Gasteiger partial charge in [-0.1, -0.05) is 18.5 Å². The van der Waals surface area contributed by atoms with Gasteiger partial charge >= 0.3 is 0 Å². The van der Waals surface area contributed by atoms with Crippen molar-refractivity contribution in [3.8, 4) is 0 Å². The number of aromatic nitrogens is 3. The second-order valence-corrected chi connectivity index (χ2v) is 3.76. The van der Waals surface area contributed by atoms with Crippen molar-refractivity contribution < 1.29 is 0 Å². The highest BCUT2D eigenvalue weighted by Crippen LogP contribution is 2.19. The van der Waals surface area contributed by atoms with Crippen LogP contribution < -0.4 is 0 Å². The van der Waals surface area contributed by atoms with Gasteiger partial charge in [-0.05, 0) is 26.3 Å². The van der Waals surface area contributed by atoms with E-state index in [1.807, 2.05) is 19.9 Å². The second-order valence-electron chi connectivity index (χ2n) is 3.37. The van der Waals surface area contributed by atoms with Gasteiger partial charge in [0.05, 0.1) is 5.69 Å². The first-order valence-corrected chi connectivity index (χ1v) is 5.02. The SMILES string of the molecule is CCc1c(C)nn2c(Cl)cc(C)nc12. The Morgan fingerprint density at radius 3 is 2.79 bits per heavy atom. The highest BCUT2D eigenvalue weighted by Gasteiger charge is 2.11. The molecule has 2 aromatic rings. The average Bonchev–Trinajstić information content (AvgIpc) is 2.41. The van der Waals surface area contributed by atoms with Gasteiger partial charge in [-0.25, -0.2) is 9.50 Å². The van der Waals surface area contributed by atoms with Crippen LogP contribution in [-0.4, -0.2) is 14.6 Å². The molecule has 3 nitrogen and oxygen atoms in total. The van der Waals surface area contributed by atoms with Crippen molar-refractivity contribution in [2.24, 2.45) is 0 Å². The number of nitrogens with zero attached hydrogens (tertiary/aromatic N) is 3. The maximum absolute atomic E-state index is 6.07. The Hall–Kier alpha value is -1.09. The minimum absolute atomic E-state index is 0.621. The van der Waals surface area contributed by atoms with Crippen molar-refractivity contribution in [1.82, 2.24) is 14.6 Å². The summed E-state index contributed by atoms with van der Waals surface area (Å²) in [5.74, 6) is 0. The number of hydrogen-bond acceptors (Lipinski definition) is 2. The molecule has 0 bridgehead atoms. The van der Waals surface area contributed by atoms with Crippen LogP contribution in [0.1, 0.15) is 23.9 Å². The molecule has 0 aliphatic carbocycles. The molecule has 2 rings (SSSR count). The molecule has 0 aromatic carbocycles. The Kier molecular flexibility index (Phi) is 2.19. The van der Waals surface area contributed by atoms with Gasteiger partial charge in [0.1, 0.15) is 5.15 Å². The topological polar surface area (TPSA) is 30.2 Å². The van der Waals surface area contributed by atoms with Crippen molar-refractivity contribution in [3.05, 3.63) is 28.2 Å². The molecule has 14 heavy (non-hydrogen) atoms. The van der Waals surface area contributed by atoms with Gasteiger partial charge in [0.2, 0.25) is 0 Å². The van der Waals surface area contributed by atoms with Gasteiger partial charge in [0, 0.05) is 11.3 Å². The van der Waals surface area contributed by atoms with E-state index in [9.17, 15) is 0 Å². The summed E-state index contributed by atoms with van der Waals surface area (Å²) in [4.78, 5) is 4.44. The molecule has 74 valence electrons. The van der Waals surface area contributed by atoms with Crippen LogP contribution in [0.15, 0.2) is 6.07 Å². The molecule has 0 spiro atoms. The lowest BCUT2D eigenvalue weighted by Crippen LogP contribution is -1.94. The molecular weight excluding hydrogens is 198 g/mol. The van der Waals surface area contributed by atoms with Gasteiger partial charge in [0.15, 0.2) is 5.65 Å². The summed E-state index contributed by atoms with van der Waals surface area (Å²) in [6, 6.07) is 1.82. The van der Waals surface area contributed by atoms with Gasteiger partial charge < -0.3 is 0 Å². The first-order valence-electron chi connectivity index (χ1n) is 4.65. The maximum atomic E-state index is 6.07. The van der Waals surface area contributed by atoms with Crippen LogP contribution in [0.2, 0.25) is 5.15 Å². The Bertz CT molecular complexity index is 488. The third kappa shape index (κ3) is 1.28. The lowest BCUT2D eigenvalue weighted by Gasteiger charge is -1.99. The van der Waals surface area contributed by atoms with Crippen molar-refractivity contribution in [2.75, 3.05) is 0 Å². The number of rotatable bonds is 1. The minimum Gasteiger partial charge on any atom is -0.233 e. The normalized spacial score (nSPS) is 11.1. The van der Waals surface area contributed by atoms with Crippen LogP contribution in [0.3, 0.4) is 0 Å². The minimum atomic E-state index is 0.621. The Balaban J connectivity index is 2.87. The molecule has 0 fully saturated rings. The number of halogens is 1. The Morgan fingerprint density at radius 2 is 2.14 bits per heavy atom. The summed E-state index contributed by atoms with van der Waals surface area (Å²) in [7, 11) is 0. The summed E-state index contributed by atoms with van der Waals surface area (Å²) in [6.07, 6.45) is 0.933. The molecule has 0 atom stereocenters. The highest BCUT2D eigenvalue weighted by molar-refractivity contribution is 6.29. The molecule has 0 amide bonds. The first kappa shape index (κ1) is 9.46. The van der Waals surface area contributed by atoms with Crippen LogP contribution in [0, 0.1) is 13.8 Å². The maximum Gasteiger partial charge on any atom is 0.160 e. The van der Waals surface area contributed by atoms with E-state index in [-0.39, 0.29) is 0 Å². The molecule has 2 aromatic heterocycles. The molecule has 0 unspecified atom stereocenters. The van der Waals surface area contributed by atoms with Crippen LogP contribution in [0.5, 0.6) is 0 Å². The zero-order chi connectivity index (χ0) is 10.3. The number of hydrogen-bond donors (Lipinski definition) is 0. The standard InChI is InChI=1S/C10H12ClN3/c1-4-8-7(3)13-14-9(11)5-6(2)12-10(8)14/h5H,4H2,1-3H3. The molecule has 0 N–H and O–H groups in total. The Labute approximate surface area is 87.7 Å². The molecule has 0 aliphatic rings. The predicted octanol–water partition coefficient (Wildman–Crippen LogP) is 2.56. The van der Waals surface area contributed by atoms with Crippen LogP contribution in [0.25, 0.3) is 5.65 Å². The monoisotopic (exact) mass is 209 g/mol. The van der Waals surface area contributed by atoms with E-state index in [1.54, 1.807) is 4.52 Å². The third-order valence-electron chi connectivity index (χ3n) is 2.32. The summed E-state index contributed by atoms with van der Waals surface area (Å²) in [6.45, 7) is 6.02. The van der Waals surface area contributed by atoms with Crippen LogP contribution in [-0.2, 0) is 6.42 Å². The fourth-order valence-corrected chi connectivity index (χ4v) is 1.93.